The van der Waals surface area contributed by atoms with E-state index in [1.54, 1.807) is 13.0 Å². The van der Waals surface area contributed by atoms with E-state index in [1.165, 1.54) is 18.6 Å². The Kier molecular flexibility index (Phi) is 5.86. The van der Waals surface area contributed by atoms with Crippen molar-refractivity contribution in [3.05, 3.63) is 47.4 Å². The minimum atomic E-state index is -4.47. The minimum Gasteiger partial charge on any atom is -0.354 e. The van der Waals surface area contributed by atoms with Gasteiger partial charge in [-0.15, -0.1) is 0 Å². The van der Waals surface area contributed by atoms with Crippen molar-refractivity contribution >= 4 is 17.4 Å². The average Bonchev–Trinajstić information content (AvgIpc) is 2.67. The van der Waals surface area contributed by atoms with Crippen molar-refractivity contribution in [1.82, 2.24) is 9.97 Å². The first kappa shape index (κ1) is 20.1. The highest BCUT2D eigenvalue weighted by molar-refractivity contribution is 6.03. The predicted octanol–water partition coefficient (Wildman–Crippen LogP) is 4.83. The Morgan fingerprint density at radius 3 is 2.75 bits per heavy atom. The molecule has 5 nitrogen and oxygen atoms in total. The topological polar surface area (TPSA) is 58.1 Å². The van der Waals surface area contributed by atoms with Crippen molar-refractivity contribution in [3.8, 4) is 0 Å². The second kappa shape index (κ2) is 8.16. The summed E-state index contributed by atoms with van der Waals surface area (Å²) in [4.78, 5) is 23.5. The molecule has 0 radical (unpaired) electrons. The van der Waals surface area contributed by atoms with E-state index in [2.05, 4.69) is 27.1 Å². The molecule has 1 amide bonds. The molecule has 0 saturated carbocycles. The largest absolute Gasteiger partial charge is 0.416 e. The van der Waals surface area contributed by atoms with E-state index in [0.717, 1.165) is 37.9 Å². The summed E-state index contributed by atoms with van der Waals surface area (Å²) < 4.78 is 38.6. The maximum Gasteiger partial charge on any atom is 0.416 e. The van der Waals surface area contributed by atoms with Gasteiger partial charge in [0, 0.05) is 24.3 Å². The number of carbonyl (C=O) groups excluding carboxylic acids is 1. The first-order valence-electron chi connectivity index (χ1n) is 9.39. The zero-order chi connectivity index (χ0) is 20.3. The molecule has 150 valence electrons. The number of rotatable bonds is 4. The van der Waals surface area contributed by atoms with Crippen LogP contribution in [0.25, 0.3) is 0 Å². The van der Waals surface area contributed by atoms with Crippen LogP contribution in [0.15, 0.2) is 30.3 Å². The van der Waals surface area contributed by atoms with Crippen LogP contribution in [0.5, 0.6) is 0 Å². The van der Waals surface area contributed by atoms with Crippen LogP contribution in [0.2, 0.25) is 0 Å². The number of halogens is 3. The summed E-state index contributed by atoms with van der Waals surface area (Å²) in [6, 6.07) is 6.52. The van der Waals surface area contributed by atoms with Crippen LogP contribution in [0.1, 0.15) is 54.5 Å². The second-order valence-electron chi connectivity index (χ2n) is 6.94. The first-order chi connectivity index (χ1) is 13.3. The summed E-state index contributed by atoms with van der Waals surface area (Å²) in [6.07, 6.45) is -0.184. The number of alkyl halides is 3. The fraction of sp³-hybridized carbons (Fsp3) is 0.450. The number of nitrogens with zero attached hydrogens (tertiary/aromatic N) is 3. The van der Waals surface area contributed by atoms with E-state index in [9.17, 15) is 18.0 Å². The van der Waals surface area contributed by atoms with Crippen molar-refractivity contribution in [2.24, 2.45) is 0 Å². The molecule has 8 heteroatoms. The monoisotopic (exact) mass is 392 g/mol. The van der Waals surface area contributed by atoms with E-state index in [-0.39, 0.29) is 11.4 Å². The molecule has 1 aliphatic rings. The molecule has 2 heterocycles. The Labute approximate surface area is 162 Å². The fourth-order valence-corrected chi connectivity index (χ4v) is 3.51. The van der Waals surface area contributed by atoms with Crippen molar-refractivity contribution < 1.29 is 18.0 Å². The van der Waals surface area contributed by atoms with Gasteiger partial charge in [0.25, 0.3) is 5.91 Å². The van der Waals surface area contributed by atoms with Crippen molar-refractivity contribution in [1.29, 1.82) is 0 Å². The Morgan fingerprint density at radius 2 is 2.04 bits per heavy atom. The number of carbonyl (C=O) groups is 1. The van der Waals surface area contributed by atoms with E-state index in [0.29, 0.717) is 17.7 Å². The lowest BCUT2D eigenvalue weighted by Gasteiger charge is -2.36. The lowest BCUT2D eigenvalue weighted by atomic mass is 10.00. The van der Waals surface area contributed by atoms with Gasteiger partial charge in [-0.1, -0.05) is 13.0 Å². The maximum atomic E-state index is 12.9. The van der Waals surface area contributed by atoms with Gasteiger partial charge in [0.05, 0.1) is 5.56 Å². The number of amides is 1. The van der Waals surface area contributed by atoms with Crippen LogP contribution in [-0.4, -0.2) is 28.5 Å². The first-order valence-corrected chi connectivity index (χ1v) is 9.39. The van der Waals surface area contributed by atoms with Gasteiger partial charge >= 0.3 is 6.18 Å². The van der Waals surface area contributed by atoms with Crippen molar-refractivity contribution in [3.63, 3.8) is 0 Å². The van der Waals surface area contributed by atoms with E-state index < -0.39 is 17.6 Å². The fourth-order valence-electron chi connectivity index (χ4n) is 3.51. The van der Waals surface area contributed by atoms with Crippen LogP contribution in [0.3, 0.4) is 0 Å². The molecule has 1 N–H and O–H groups in total. The molecule has 1 saturated heterocycles. The SMILES string of the molecule is CCC1CCCCN1c1cc(C(=O)Nc2cccc(C(F)(F)F)c2)nc(C)n1. The Balaban J connectivity index is 1.84. The summed E-state index contributed by atoms with van der Waals surface area (Å²) in [5, 5.41) is 2.51. The van der Waals surface area contributed by atoms with Crippen LogP contribution in [0.4, 0.5) is 24.7 Å². The van der Waals surface area contributed by atoms with Gasteiger partial charge in [0.1, 0.15) is 17.3 Å². The molecule has 1 aliphatic heterocycles. The molecule has 0 aliphatic carbocycles. The van der Waals surface area contributed by atoms with Crippen molar-refractivity contribution in [2.45, 2.75) is 51.7 Å². The normalized spacial score (nSPS) is 17.5. The molecular weight excluding hydrogens is 369 g/mol. The third-order valence-corrected chi connectivity index (χ3v) is 4.90. The molecule has 1 unspecified atom stereocenters. The predicted molar refractivity (Wildman–Crippen MR) is 101 cm³/mol. The van der Waals surface area contributed by atoms with Gasteiger partial charge in [0.15, 0.2) is 0 Å². The standard InChI is InChI=1S/C20H23F3N4O/c1-3-16-9-4-5-10-27(16)18-12-17(24-13(2)25-18)19(28)26-15-8-6-7-14(11-15)20(21,22)23/h6-8,11-12,16H,3-5,9-10H2,1-2H3,(H,26,28). The smallest absolute Gasteiger partial charge is 0.354 e. The number of hydrogen-bond donors (Lipinski definition) is 1. The Bertz CT molecular complexity index is 854. The average molecular weight is 392 g/mol. The van der Waals surface area contributed by atoms with Gasteiger partial charge in [-0.3, -0.25) is 4.79 Å². The Morgan fingerprint density at radius 1 is 1.25 bits per heavy atom. The van der Waals surface area contributed by atoms with Crippen LogP contribution in [0, 0.1) is 6.92 Å². The van der Waals surface area contributed by atoms with Gasteiger partial charge in [0.2, 0.25) is 0 Å². The molecule has 1 aromatic heterocycles. The van der Waals surface area contributed by atoms with E-state index >= 15 is 0 Å². The lowest BCUT2D eigenvalue weighted by molar-refractivity contribution is -0.137. The second-order valence-corrected chi connectivity index (χ2v) is 6.94. The zero-order valence-electron chi connectivity index (χ0n) is 15.9. The summed E-state index contributed by atoms with van der Waals surface area (Å²) in [7, 11) is 0. The van der Waals surface area contributed by atoms with Gasteiger partial charge in [-0.25, -0.2) is 9.97 Å². The quantitative estimate of drug-likeness (QED) is 0.810. The number of nitrogens with one attached hydrogen (secondary N) is 1. The minimum absolute atomic E-state index is 0.0713. The van der Waals surface area contributed by atoms with Gasteiger partial charge < -0.3 is 10.2 Å². The molecular formula is C20H23F3N4O. The van der Waals surface area contributed by atoms with Gasteiger partial charge in [-0.2, -0.15) is 13.2 Å². The molecule has 3 rings (SSSR count). The molecule has 28 heavy (non-hydrogen) atoms. The van der Waals surface area contributed by atoms with Crippen LogP contribution >= 0.6 is 0 Å². The van der Waals surface area contributed by atoms with Crippen LogP contribution < -0.4 is 10.2 Å². The number of aryl methyl sites for hydroxylation is 1. The molecule has 2 aromatic rings. The molecule has 0 spiro atoms. The summed E-state index contributed by atoms with van der Waals surface area (Å²) >= 11 is 0. The van der Waals surface area contributed by atoms with Crippen molar-refractivity contribution in [2.75, 3.05) is 16.8 Å². The third kappa shape index (κ3) is 4.61. The summed E-state index contributed by atoms with van der Waals surface area (Å²) in [6.45, 7) is 4.69. The molecule has 1 atom stereocenters. The number of aromatic nitrogens is 2. The summed E-state index contributed by atoms with van der Waals surface area (Å²) in [5.74, 6) is 0.580. The van der Waals surface area contributed by atoms with E-state index in [4.69, 9.17) is 0 Å². The number of piperidine rings is 1. The number of anilines is 2. The maximum absolute atomic E-state index is 12.9. The van der Waals surface area contributed by atoms with Gasteiger partial charge in [-0.05, 0) is 50.8 Å². The Hall–Kier alpha value is -2.64. The van der Waals surface area contributed by atoms with E-state index in [1.807, 2.05) is 0 Å². The number of hydrogen-bond acceptors (Lipinski definition) is 4. The third-order valence-electron chi connectivity index (χ3n) is 4.90. The molecule has 0 bridgehead atoms. The molecule has 1 fully saturated rings. The van der Waals surface area contributed by atoms with Crippen LogP contribution in [-0.2, 0) is 6.18 Å². The highest BCUT2D eigenvalue weighted by Crippen LogP contribution is 2.31. The highest BCUT2D eigenvalue weighted by atomic mass is 19.4. The molecule has 1 aromatic carbocycles. The summed E-state index contributed by atoms with van der Waals surface area (Å²) in [5.41, 5.74) is -0.605. The lowest BCUT2D eigenvalue weighted by Crippen LogP contribution is -2.40. The zero-order valence-corrected chi connectivity index (χ0v) is 15.9. The highest BCUT2D eigenvalue weighted by Gasteiger charge is 2.30. The number of benzene rings is 1.